The molecular formula is C19H21ClN2O4. The highest BCUT2D eigenvalue weighted by molar-refractivity contribution is 6.29. The van der Waals surface area contributed by atoms with Crippen molar-refractivity contribution in [3.63, 3.8) is 0 Å². The number of hydrogen-bond acceptors (Lipinski definition) is 3. The number of carboxylic acid groups (broad SMARTS) is 1. The van der Waals surface area contributed by atoms with Gasteiger partial charge in [0.1, 0.15) is 17.7 Å². The van der Waals surface area contributed by atoms with Gasteiger partial charge in [0.25, 0.3) is 0 Å². The molecule has 26 heavy (non-hydrogen) atoms. The van der Waals surface area contributed by atoms with Crippen molar-refractivity contribution >= 4 is 29.3 Å². The molecular weight excluding hydrogens is 356 g/mol. The summed E-state index contributed by atoms with van der Waals surface area (Å²) in [6.45, 7) is 0.311. The summed E-state index contributed by atoms with van der Waals surface area (Å²) in [4.78, 5) is 23.9. The summed E-state index contributed by atoms with van der Waals surface area (Å²) in [5, 5.41) is 11.8. The molecule has 2 amide bonds. The summed E-state index contributed by atoms with van der Waals surface area (Å²) in [5.74, 6) is 0.0160. The molecule has 0 aliphatic heterocycles. The number of halogens is 1. The normalized spacial score (nSPS) is 11.5. The molecule has 6 nitrogen and oxygen atoms in total. The van der Waals surface area contributed by atoms with Gasteiger partial charge in [-0.1, -0.05) is 42.5 Å². The summed E-state index contributed by atoms with van der Waals surface area (Å²) in [6, 6.07) is 16.6. The number of nitrogens with zero attached hydrogens (tertiary/aromatic N) is 1. The molecule has 2 aromatic rings. The number of anilines is 1. The van der Waals surface area contributed by atoms with Crippen LogP contribution in [0.4, 0.5) is 10.5 Å². The maximum absolute atomic E-state index is 11.6. The van der Waals surface area contributed by atoms with Crippen molar-refractivity contribution in [2.24, 2.45) is 0 Å². The van der Waals surface area contributed by atoms with Gasteiger partial charge in [0.15, 0.2) is 0 Å². The minimum atomic E-state index is -0.994. The van der Waals surface area contributed by atoms with Crippen molar-refractivity contribution in [2.75, 3.05) is 24.8 Å². The molecule has 1 unspecified atom stereocenters. The van der Waals surface area contributed by atoms with Crippen molar-refractivity contribution < 1.29 is 19.4 Å². The predicted octanol–water partition coefficient (Wildman–Crippen LogP) is 3.98. The summed E-state index contributed by atoms with van der Waals surface area (Å²) in [5.41, 5.74) is 1.44. The highest BCUT2D eigenvalue weighted by atomic mass is 35.5. The fraction of sp³-hybridized carbons (Fsp3) is 0.263. The van der Waals surface area contributed by atoms with Gasteiger partial charge < -0.3 is 20.1 Å². The number of para-hydroxylation sites is 2. The molecule has 0 saturated carbocycles. The third-order valence-electron chi connectivity index (χ3n) is 3.78. The second kappa shape index (κ2) is 9.68. The largest absolute Gasteiger partial charge is 0.483 e. The summed E-state index contributed by atoms with van der Waals surface area (Å²) in [7, 11) is 1.51. The Kier molecular flexibility index (Phi) is 7.29. The molecule has 0 radical (unpaired) electrons. The smallest absolute Gasteiger partial charge is 0.407 e. The Morgan fingerprint density at radius 1 is 1.15 bits per heavy atom. The predicted molar refractivity (Wildman–Crippen MR) is 101 cm³/mol. The van der Waals surface area contributed by atoms with E-state index in [4.69, 9.17) is 21.4 Å². The first-order valence-electron chi connectivity index (χ1n) is 8.11. The Balaban J connectivity index is 2.21. The van der Waals surface area contributed by atoms with Crippen LogP contribution in [0.15, 0.2) is 54.6 Å². The van der Waals surface area contributed by atoms with Crippen molar-refractivity contribution in [1.29, 1.82) is 0 Å². The minimum Gasteiger partial charge on any atom is -0.483 e. The van der Waals surface area contributed by atoms with Gasteiger partial charge in [-0.2, -0.15) is 0 Å². The van der Waals surface area contributed by atoms with E-state index in [2.05, 4.69) is 5.32 Å². The number of ether oxygens (including phenoxy) is 1. The number of amides is 2. The lowest BCUT2D eigenvalue weighted by Gasteiger charge is -2.23. The molecule has 0 heterocycles. The first-order valence-corrected chi connectivity index (χ1v) is 8.65. The van der Waals surface area contributed by atoms with Crippen LogP contribution in [0.3, 0.4) is 0 Å². The highest BCUT2D eigenvalue weighted by Gasteiger charge is 2.18. The van der Waals surface area contributed by atoms with Gasteiger partial charge in [0.2, 0.25) is 5.91 Å². The van der Waals surface area contributed by atoms with Gasteiger partial charge in [-0.3, -0.25) is 4.79 Å². The second-order valence-corrected chi connectivity index (χ2v) is 5.96. The van der Waals surface area contributed by atoms with E-state index in [9.17, 15) is 9.59 Å². The lowest BCUT2D eigenvalue weighted by atomic mass is 10.1. The first-order chi connectivity index (χ1) is 12.5. The Hall–Kier alpha value is -2.73. The third-order valence-corrected chi connectivity index (χ3v) is 4.02. The molecule has 0 bridgehead atoms. The molecule has 0 spiro atoms. The van der Waals surface area contributed by atoms with Gasteiger partial charge >= 0.3 is 6.09 Å². The molecule has 0 aliphatic rings. The summed E-state index contributed by atoms with van der Waals surface area (Å²) >= 11 is 5.56. The van der Waals surface area contributed by atoms with Crippen LogP contribution in [-0.4, -0.2) is 41.5 Å². The number of benzene rings is 2. The van der Waals surface area contributed by atoms with Crippen molar-refractivity contribution in [3.8, 4) is 5.75 Å². The van der Waals surface area contributed by atoms with Gasteiger partial charge in [0, 0.05) is 20.0 Å². The Labute approximate surface area is 157 Å². The van der Waals surface area contributed by atoms with Crippen LogP contribution >= 0.6 is 11.6 Å². The van der Waals surface area contributed by atoms with E-state index in [-0.39, 0.29) is 17.9 Å². The monoisotopic (exact) mass is 376 g/mol. The number of carbonyl (C=O) groups excluding carboxylic acids is 1. The lowest BCUT2D eigenvalue weighted by Crippen LogP contribution is -2.27. The molecule has 2 aromatic carbocycles. The van der Waals surface area contributed by atoms with Crippen LogP contribution in [0.1, 0.15) is 18.1 Å². The Bertz CT molecular complexity index is 739. The molecule has 2 rings (SSSR count). The summed E-state index contributed by atoms with van der Waals surface area (Å²) < 4.78 is 6.13. The van der Waals surface area contributed by atoms with E-state index < -0.39 is 6.09 Å². The Morgan fingerprint density at radius 2 is 1.81 bits per heavy atom. The molecule has 7 heteroatoms. The lowest BCUT2D eigenvalue weighted by molar-refractivity contribution is -0.113. The van der Waals surface area contributed by atoms with Crippen molar-refractivity contribution in [3.05, 3.63) is 60.2 Å². The van der Waals surface area contributed by atoms with Crippen LogP contribution in [0.5, 0.6) is 5.75 Å². The van der Waals surface area contributed by atoms with Gasteiger partial charge in [-0.15, -0.1) is 11.6 Å². The molecule has 0 fully saturated rings. The first kappa shape index (κ1) is 19.6. The van der Waals surface area contributed by atoms with Crippen LogP contribution in [0.25, 0.3) is 0 Å². The number of hydrogen-bond donors (Lipinski definition) is 2. The maximum Gasteiger partial charge on any atom is 0.407 e. The molecule has 0 saturated heterocycles. The minimum absolute atomic E-state index is 0.153. The van der Waals surface area contributed by atoms with Crippen LogP contribution in [0, 0.1) is 0 Å². The van der Waals surface area contributed by atoms with Gasteiger partial charge in [-0.05, 0) is 17.7 Å². The molecule has 0 aromatic heterocycles. The van der Waals surface area contributed by atoms with Crippen LogP contribution in [-0.2, 0) is 4.79 Å². The molecule has 0 aliphatic carbocycles. The average molecular weight is 377 g/mol. The third kappa shape index (κ3) is 5.67. The second-order valence-electron chi connectivity index (χ2n) is 5.69. The zero-order valence-corrected chi connectivity index (χ0v) is 15.1. The van der Waals surface area contributed by atoms with Crippen molar-refractivity contribution in [2.45, 2.75) is 12.5 Å². The SMILES string of the molecule is CN(CCC(Oc1ccccc1NC(=O)CCl)c1ccccc1)C(=O)O. The molecule has 138 valence electrons. The zero-order chi connectivity index (χ0) is 18.9. The number of nitrogens with one attached hydrogen (secondary N) is 1. The van der Waals surface area contributed by atoms with E-state index >= 15 is 0 Å². The van der Waals surface area contributed by atoms with Gasteiger partial charge in [-0.25, -0.2) is 4.79 Å². The number of rotatable bonds is 8. The topological polar surface area (TPSA) is 78.9 Å². The fourth-order valence-corrected chi connectivity index (χ4v) is 2.44. The zero-order valence-electron chi connectivity index (χ0n) is 14.4. The number of carbonyl (C=O) groups is 2. The van der Waals surface area contributed by atoms with E-state index in [1.807, 2.05) is 30.3 Å². The van der Waals surface area contributed by atoms with E-state index in [1.54, 1.807) is 24.3 Å². The molecule has 2 N–H and O–H groups in total. The van der Waals surface area contributed by atoms with Gasteiger partial charge in [0.05, 0.1) is 5.69 Å². The molecule has 1 atom stereocenters. The average Bonchev–Trinajstić information content (AvgIpc) is 2.66. The summed E-state index contributed by atoms with van der Waals surface area (Å²) in [6.07, 6.45) is -0.899. The highest BCUT2D eigenvalue weighted by Crippen LogP contribution is 2.31. The van der Waals surface area contributed by atoms with E-state index in [0.29, 0.717) is 24.4 Å². The quantitative estimate of drug-likeness (QED) is 0.683. The van der Waals surface area contributed by atoms with Crippen LogP contribution < -0.4 is 10.1 Å². The Morgan fingerprint density at radius 3 is 2.46 bits per heavy atom. The standard InChI is InChI=1S/C19H21ClN2O4/c1-22(19(24)25)12-11-16(14-7-3-2-4-8-14)26-17-10-6-5-9-15(17)21-18(23)13-20/h2-10,16H,11-13H2,1H3,(H,21,23)(H,24,25). The van der Waals surface area contributed by atoms with Crippen LogP contribution in [0.2, 0.25) is 0 Å². The van der Waals surface area contributed by atoms with E-state index in [1.165, 1.54) is 11.9 Å². The van der Waals surface area contributed by atoms with E-state index in [0.717, 1.165) is 5.56 Å². The fourth-order valence-electron chi connectivity index (χ4n) is 2.38. The number of alkyl halides is 1. The van der Waals surface area contributed by atoms with Crippen molar-refractivity contribution in [1.82, 2.24) is 4.90 Å². The maximum atomic E-state index is 11.6.